The van der Waals surface area contributed by atoms with Crippen LogP contribution in [0.2, 0.25) is 0 Å². The number of rotatable bonds is 5. The van der Waals surface area contributed by atoms with E-state index in [4.69, 9.17) is 5.14 Å². The quantitative estimate of drug-likeness (QED) is 0.773. The minimum atomic E-state index is -3.77. The van der Waals surface area contributed by atoms with Gasteiger partial charge in [0.15, 0.2) is 0 Å². The number of amides is 2. The number of hydrogen-bond donors (Lipinski definition) is 3. The Morgan fingerprint density at radius 1 is 1.17 bits per heavy atom. The van der Waals surface area contributed by atoms with E-state index in [0.717, 1.165) is 11.1 Å². The number of carbonyl (C=O) groups is 1. The third kappa shape index (κ3) is 4.81. The molecule has 1 atom stereocenters. The Bertz CT molecular complexity index is 834. The first-order valence-electron chi connectivity index (χ1n) is 7.49. The predicted molar refractivity (Wildman–Crippen MR) is 92.8 cm³/mol. The highest BCUT2D eigenvalue weighted by atomic mass is 32.2. The molecular formula is C17H21N3O3S. The summed E-state index contributed by atoms with van der Waals surface area (Å²) >= 11 is 0. The fourth-order valence-electron chi connectivity index (χ4n) is 2.28. The van der Waals surface area contributed by atoms with Gasteiger partial charge in [0, 0.05) is 6.54 Å². The van der Waals surface area contributed by atoms with Crippen molar-refractivity contribution in [2.24, 2.45) is 5.14 Å². The average Bonchev–Trinajstić information content (AvgIpc) is 2.53. The van der Waals surface area contributed by atoms with Crippen molar-refractivity contribution < 1.29 is 13.2 Å². The van der Waals surface area contributed by atoms with Crippen molar-refractivity contribution in [2.75, 3.05) is 0 Å². The Balaban J connectivity index is 1.98. The lowest BCUT2D eigenvalue weighted by atomic mass is 10.1. The molecule has 0 aliphatic heterocycles. The van der Waals surface area contributed by atoms with E-state index in [1.54, 1.807) is 19.1 Å². The van der Waals surface area contributed by atoms with E-state index < -0.39 is 10.0 Å². The highest BCUT2D eigenvalue weighted by molar-refractivity contribution is 7.89. The van der Waals surface area contributed by atoms with Gasteiger partial charge in [0.1, 0.15) is 0 Å². The van der Waals surface area contributed by atoms with Crippen molar-refractivity contribution in [1.29, 1.82) is 0 Å². The number of aryl methyl sites for hydroxylation is 1. The first-order valence-corrected chi connectivity index (χ1v) is 9.03. The summed E-state index contributed by atoms with van der Waals surface area (Å²) in [7, 11) is -3.77. The summed E-state index contributed by atoms with van der Waals surface area (Å²) in [6.07, 6.45) is 0. The van der Waals surface area contributed by atoms with Gasteiger partial charge in [-0.15, -0.1) is 0 Å². The van der Waals surface area contributed by atoms with Crippen LogP contribution >= 0.6 is 0 Å². The molecule has 0 aliphatic carbocycles. The van der Waals surface area contributed by atoms with Crippen molar-refractivity contribution in [2.45, 2.75) is 31.3 Å². The van der Waals surface area contributed by atoms with Crippen molar-refractivity contribution in [3.05, 3.63) is 65.2 Å². The van der Waals surface area contributed by atoms with Crippen LogP contribution in [0.5, 0.6) is 0 Å². The summed E-state index contributed by atoms with van der Waals surface area (Å²) < 4.78 is 22.8. The van der Waals surface area contributed by atoms with E-state index in [1.165, 1.54) is 12.1 Å². The zero-order chi connectivity index (χ0) is 17.7. The van der Waals surface area contributed by atoms with Gasteiger partial charge in [-0.25, -0.2) is 18.4 Å². The van der Waals surface area contributed by atoms with Crippen LogP contribution < -0.4 is 15.8 Å². The Hall–Kier alpha value is -2.38. The standard InChI is InChI=1S/C17H21N3O3S/c1-12-6-3-4-7-15(12)11-19-17(21)20-13(2)14-8-5-9-16(10-14)24(18,22)23/h3-10,13H,11H2,1-2H3,(H2,18,22,23)(H2,19,20,21). The second-order valence-electron chi connectivity index (χ2n) is 5.59. The first kappa shape index (κ1) is 18.0. The number of carbonyl (C=O) groups excluding carboxylic acids is 1. The van der Waals surface area contributed by atoms with Crippen molar-refractivity contribution in [1.82, 2.24) is 10.6 Å². The lowest BCUT2D eigenvalue weighted by Crippen LogP contribution is -2.36. The number of nitrogens with two attached hydrogens (primary N) is 1. The summed E-state index contributed by atoms with van der Waals surface area (Å²) in [5, 5.41) is 10.7. The van der Waals surface area contributed by atoms with Crippen molar-refractivity contribution in [3.8, 4) is 0 Å². The van der Waals surface area contributed by atoms with Gasteiger partial charge in [-0.05, 0) is 42.7 Å². The second-order valence-corrected chi connectivity index (χ2v) is 7.15. The molecule has 0 aromatic heterocycles. The van der Waals surface area contributed by atoms with E-state index in [2.05, 4.69) is 10.6 Å². The predicted octanol–water partition coefficient (Wildman–Crippen LogP) is 2.20. The molecule has 2 rings (SSSR count). The molecule has 2 aromatic carbocycles. The highest BCUT2D eigenvalue weighted by Crippen LogP contribution is 2.16. The Kier molecular flexibility index (Phi) is 5.58. The summed E-state index contributed by atoms with van der Waals surface area (Å²) in [5.74, 6) is 0. The lowest BCUT2D eigenvalue weighted by molar-refractivity contribution is 0.237. The second kappa shape index (κ2) is 7.46. The summed E-state index contributed by atoms with van der Waals surface area (Å²) in [5.41, 5.74) is 2.80. The maximum Gasteiger partial charge on any atom is 0.315 e. The fourth-order valence-corrected chi connectivity index (χ4v) is 2.84. The zero-order valence-electron chi connectivity index (χ0n) is 13.6. The van der Waals surface area contributed by atoms with Gasteiger partial charge >= 0.3 is 6.03 Å². The van der Waals surface area contributed by atoms with Crippen molar-refractivity contribution in [3.63, 3.8) is 0 Å². The van der Waals surface area contributed by atoms with E-state index in [9.17, 15) is 13.2 Å². The van der Waals surface area contributed by atoms with Crippen LogP contribution in [0.25, 0.3) is 0 Å². The molecule has 4 N–H and O–H groups in total. The van der Waals surface area contributed by atoms with Gasteiger partial charge in [0.2, 0.25) is 10.0 Å². The molecule has 2 amide bonds. The van der Waals surface area contributed by atoms with Gasteiger partial charge < -0.3 is 10.6 Å². The minimum Gasteiger partial charge on any atom is -0.334 e. The van der Waals surface area contributed by atoms with Gasteiger partial charge in [-0.1, -0.05) is 36.4 Å². The average molecular weight is 347 g/mol. The normalized spacial score (nSPS) is 12.5. The van der Waals surface area contributed by atoms with Crippen LogP contribution in [-0.2, 0) is 16.6 Å². The largest absolute Gasteiger partial charge is 0.334 e. The summed E-state index contributed by atoms with van der Waals surface area (Å²) in [6.45, 7) is 4.17. The van der Waals surface area contributed by atoms with Crippen LogP contribution in [0.1, 0.15) is 29.7 Å². The van der Waals surface area contributed by atoms with Crippen LogP contribution in [0.4, 0.5) is 4.79 Å². The van der Waals surface area contributed by atoms with Gasteiger partial charge in [-0.3, -0.25) is 0 Å². The summed E-state index contributed by atoms with van der Waals surface area (Å²) in [6, 6.07) is 13.3. The number of hydrogen-bond acceptors (Lipinski definition) is 3. The Morgan fingerprint density at radius 3 is 2.54 bits per heavy atom. The minimum absolute atomic E-state index is 0.0222. The molecule has 6 nitrogen and oxygen atoms in total. The number of primary sulfonamides is 1. The summed E-state index contributed by atoms with van der Waals surface area (Å²) in [4.78, 5) is 12.1. The number of nitrogens with one attached hydrogen (secondary N) is 2. The SMILES string of the molecule is Cc1ccccc1CNC(=O)NC(C)c1cccc(S(N)(=O)=O)c1. The molecular weight excluding hydrogens is 326 g/mol. The van der Waals surface area contributed by atoms with E-state index in [0.29, 0.717) is 12.1 Å². The molecule has 0 radical (unpaired) electrons. The lowest BCUT2D eigenvalue weighted by Gasteiger charge is -2.16. The van der Waals surface area contributed by atoms with Crippen LogP contribution in [0, 0.1) is 6.92 Å². The van der Waals surface area contributed by atoms with E-state index in [1.807, 2.05) is 31.2 Å². The van der Waals surface area contributed by atoms with Gasteiger partial charge in [-0.2, -0.15) is 0 Å². The first-order chi connectivity index (χ1) is 11.3. The molecule has 128 valence electrons. The molecule has 0 bridgehead atoms. The van der Waals surface area contributed by atoms with Gasteiger partial charge in [0.25, 0.3) is 0 Å². The monoisotopic (exact) mass is 347 g/mol. The number of sulfonamides is 1. The molecule has 0 aliphatic rings. The van der Waals surface area contributed by atoms with E-state index in [-0.39, 0.29) is 17.0 Å². The Labute approximate surface area is 142 Å². The topological polar surface area (TPSA) is 101 Å². The zero-order valence-corrected chi connectivity index (χ0v) is 14.4. The third-order valence-corrected chi connectivity index (χ3v) is 4.65. The van der Waals surface area contributed by atoms with Crippen LogP contribution in [0.15, 0.2) is 53.4 Å². The smallest absolute Gasteiger partial charge is 0.315 e. The van der Waals surface area contributed by atoms with Crippen LogP contribution in [0.3, 0.4) is 0 Å². The maximum atomic E-state index is 12.0. The fraction of sp³-hybridized carbons (Fsp3) is 0.235. The molecule has 7 heteroatoms. The number of benzene rings is 2. The number of urea groups is 1. The maximum absolute atomic E-state index is 12.0. The van der Waals surface area contributed by atoms with Crippen molar-refractivity contribution >= 4 is 16.1 Å². The highest BCUT2D eigenvalue weighted by Gasteiger charge is 2.13. The molecule has 0 spiro atoms. The van der Waals surface area contributed by atoms with E-state index >= 15 is 0 Å². The molecule has 0 saturated heterocycles. The molecule has 0 saturated carbocycles. The van der Waals surface area contributed by atoms with Crippen LogP contribution in [-0.4, -0.2) is 14.4 Å². The molecule has 0 heterocycles. The molecule has 0 fully saturated rings. The third-order valence-electron chi connectivity index (χ3n) is 3.73. The van der Waals surface area contributed by atoms with Gasteiger partial charge in [0.05, 0.1) is 10.9 Å². The molecule has 2 aromatic rings. The molecule has 1 unspecified atom stereocenters. The Morgan fingerprint density at radius 2 is 1.88 bits per heavy atom. The molecule has 24 heavy (non-hydrogen) atoms.